The van der Waals surface area contributed by atoms with Crippen molar-refractivity contribution in [2.24, 2.45) is 0 Å². The van der Waals surface area contributed by atoms with E-state index in [0.717, 1.165) is 24.6 Å². The van der Waals surface area contributed by atoms with Crippen molar-refractivity contribution in [1.29, 1.82) is 0 Å². The van der Waals surface area contributed by atoms with Gasteiger partial charge >= 0.3 is 0 Å². The van der Waals surface area contributed by atoms with Crippen molar-refractivity contribution in [1.82, 2.24) is 0 Å². The number of halogens is 1. The van der Waals surface area contributed by atoms with Crippen LogP contribution < -0.4 is 4.72 Å². The molecule has 1 aromatic rings. The van der Waals surface area contributed by atoms with Gasteiger partial charge in [-0.1, -0.05) is 28.1 Å². The zero-order valence-corrected chi connectivity index (χ0v) is 11.2. The number of sulfonamides is 1. The molecule has 1 N–H and O–H groups in total. The standard InChI is InChI=1S/C11H14BrNO2S/c12-8-7-9-1-3-10(4-2-9)13-16(14,15)11-5-6-11/h1-4,11,13H,5-8H2. The van der Waals surface area contributed by atoms with Crippen LogP contribution in [0.2, 0.25) is 0 Å². The predicted molar refractivity (Wildman–Crippen MR) is 69.5 cm³/mol. The van der Waals surface area contributed by atoms with Gasteiger partial charge in [-0.3, -0.25) is 4.72 Å². The van der Waals surface area contributed by atoms with Gasteiger partial charge in [0.25, 0.3) is 0 Å². The maximum absolute atomic E-state index is 11.7. The lowest BCUT2D eigenvalue weighted by atomic mass is 10.2. The Bertz CT molecular complexity index is 451. The molecule has 1 aromatic carbocycles. The van der Waals surface area contributed by atoms with E-state index in [2.05, 4.69) is 20.7 Å². The average Bonchev–Trinajstić information content (AvgIpc) is 3.04. The Kier molecular flexibility index (Phi) is 3.54. The first kappa shape index (κ1) is 11.9. The van der Waals surface area contributed by atoms with E-state index in [1.165, 1.54) is 5.56 Å². The van der Waals surface area contributed by atoms with Crippen LogP contribution in [0.4, 0.5) is 5.69 Å². The van der Waals surface area contributed by atoms with Crippen LogP contribution in [0.15, 0.2) is 24.3 Å². The molecule has 1 saturated carbocycles. The predicted octanol–water partition coefficient (Wildman–Crippen LogP) is 2.53. The molecule has 1 fully saturated rings. The van der Waals surface area contributed by atoms with Gasteiger partial charge in [0, 0.05) is 11.0 Å². The molecule has 0 atom stereocenters. The lowest BCUT2D eigenvalue weighted by Crippen LogP contribution is -2.17. The number of alkyl halides is 1. The summed E-state index contributed by atoms with van der Waals surface area (Å²) >= 11 is 3.37. The van der Waals surface area contributed by atoms with Crippen LogP contribution in [0.3, 0.4) is 0 Å². The van der Waals surface area contributed by atoms with Gasteiger partial charge in [0.2, 0.25) is 10.0 Å². The van der Waals surface area contributed by atoms with E-state index < -0.39 is 10.0 Å². The molecule has 0 aromatic heterocycles. The summed E-state index contributed by atoms with van der Waals surface area (Å²) < 4.78 is 25.9. The van der Waals surface area contributed by atoms with Crippen LogP contribution in [-0.2, 0) is 16.4 Å². The number of rotatable bonds is 5. The van der Waals surface area contributed by atoms with Crippen LogP contribution in [0.1, 0.15) is 18.4 Å². The summed E-state index contributed by atoms with van der Waals surface area (Å²) in [6.45, 7) is 0. The molecule has 0 heterocycles. The Hall–Kier alpha value is -0.550. The van der Waals surface area contributed by atoms with Crippen molar-refractivity contribution in [3.8, 4) is 0 Å². The first-order valence-electron chi connectivity index (χ1n) is 5.28. The van der Waals surface area contributed by atoms with Gasteiger partial charge in [0.05, 0.1) is 5.25 Å². The molecule has 0 aliphatic heterocycles. The lowest BCUT2D eigenvalue weighted by molar-refractivity contribution is 0.600. The highest BCUT2D eigenvalue weighted by Gasteiger charge is 2.35. The van der Waals surface area contributed by atoms with Gasteiger partial charge in [-0.25, -0.2) is 8.42 Å². The van der Waals surface area contributed by atoms with Gasteiger partial charge in [-0.05, 0) is 37.0 Å². The second kappa shape index (κ2) is 4.75. The van der Waals surface area contributed by atoms with Gasteiger partial charge in [0.1, 0.15) is 0 Å². The fourth-order valence-corrected chi connectivity index (χ4v) is 3.32. The molecule has 1 aliphatic rings. The third-order valence-corrected chi connectivity index (χ3v) is 4.83. The minimum absolute atomic E-state index is 0.172. The van der Waals surface area contributed by atoms with Crippen LogP contribution in [0.5, 0.6) is 0 Å². The maximum atomic E-state index is 11.7. The highest BCUT2D eigenvalue weighted by Crippen LogP contribution is 2.29. The Morgan fingerprint density at radius 3 is 2.38 bits per heavy atom. The van der Waals surface area contributed by atoms with Crippen molar-refractivity contribution in [3.05, 3.63) is 29.8 Å². The van der Waals surface area contributed by atoms with Crippen molar-refractivity contribution in [3.63, 3.8) is 0 Å². The third kappa shape index (κ3) is 2.98. The van der Waals surface area contributed by atoms with E-state index in [1.807, 2.05) is 24.3 Å². The van der Waals surface area contributed by atoms with Crippen LogP contribution >= 0.6 is 15.9 Å². The normalized spacial score (nSPS) is 16.1. The van der Waals surface area contributed by atoms with Crippen LogP contribution in [0, 0.1) is 0 Å². The number of aryl methyl sites for hydroxylation is 1. The third-order valence-electron chi connectivity index (χ3n) is 2.56. The molecule has 3 nitrogen and oxygen atoms in total. The van der Waals surface area contributed by atoms with Crippen LogP contribution in [-0.4, -0.2) is 19.0 Å². The Labute approximate surface area is 104 Å². The summed E-state index contributed by atoms with van der Waals surface area (Å²) in [6, 6.07) is 7.54. The molecule has 16 heavy (non-hydrogen) atoms. The summed E-state index contributed by atoms with van der Waals surface area (Å²) in [5.41, 5.74) is 1.86. The number of anilines is 1. The highest BCUT2D eigenvalue weighted by molar-refractivity contribution is 9.09. The second-order valence-electron chi connectivity index (χ2n) is 3.98. The van der Waals surface area contributed by atoms with Crippen molar-refractivity contribution < 1.29 is 8.42 Å². The summed E-state index contributed by atoms with van der Waals surface area (Å²) in [5, 5.41) is 0.745. The van der Waals surface area contributed by atoms with Crippen LogP contribution in [0.25, 0.3) is 0 Å². The lowest BCUT2D eigenvalue weighted by Gasteiger charge is -2.07. The number of hydrogen-bond acceptors (Lipinski definition) is 2. The maximum Gasteiger partial charge on any atom is 0.235 e. The summed E-state index contributed by atoms with van der Waals surface area (Å²) in [6.07, 6.45) is 2.53. The summed E-state index contributed by atoms with van der Waals surface area (Å²) in [7, 11) is -3.12. The van der Waals surface area contributed by atoms with Gasteiger partial charge in [-0.15, -0.1) is 0 Å². The van der Waals surface area contributed by atoms with E-state index in [9.17, 15) is 8.42 Å². The molecule has 5 heteroatoms. The summed E-state index contributed by atoms with van der Waals surface area (Å²) in [5.74, 6) is 0. The molecule has 0 saturated heterocycles. The van der Waals surface area contributed by atoms with Crippen molar-refractivity contribution >= 4 is 31.6 Å². The van der Waals surface area contributed by atoms with E-state index >= 15 is 0 Å². The van der Waals surface area contributed by atoms with Gasteiger partial charge in [-0.2, -0.15) is 0 Å². The fourth-order valence-electron chi connectivity index (χ4n) is 1.47. The molecule has 0 spiro atoms. The second-order valence-corrected chi connectivity index (χ2v) is 6.74. The molecule has 1 aliphatic carbocycles. The first-order chi connectivity index (χ1) is 7.62. The number of nitrogens with one attached hydrogen (secondary N) is 1. The van der Waals surface area contributed by atoms with E-state index in [0.29, 0.717) is 5.69 Å². The zero-order chi connectivity index (χ0) is 11.6. The topological polar surface area (TPSA) is 46.2 Å². The van der Waals surface area contributed by atoms with E-state index in [-0.39, 0.29) is 5.25 Å². The largest absolute Gasteiger partial charge is 0.283 e. The molecular weight excluding hydrogens is 290 g/mol. The molecule has 2 rings (SSSR count). The Morgan fingerprint density at radius 2 is 1.88 bits per heavy atom. The molecule has 0 amide bonds. The SMILES string of the molecule is O=S(=O)(Nc1ccc(CCBr)cc1)C1CC1. The molecule has 0 radical (unpaired) electrons. The number of hydrogen-bond donors (Lipinski definition) is 1. The Morgan fingerprint density at radius 1 is 1.25 bits per heavy atom. The van der Waals surface area contributed by atoms with Crippen molar-refractivity contribution in [2.45, 2.75) is 24.5 Å². The Balaban J connectivity index is 2.04. The monoisotopic (exact) mass is 303 g/mol. The van der Waals surface area contributed by atoms with Gasteiger partial charge in [0.15, 0.2) is 0 Å². The highest BCUT2D eigenvalue weighted by atomic mass is 79.9. The minimum atomic E-state index is -3.12. The molecule has 0 bridgehead atoms. The minimum Gasteiger partial charge on any atom is -0.283 e. The quantitative estimate of drug-likeness (QED) is 0.850. The smallest absolute Gasteiger partial charge is 0.235 e. The zero-order valence-electron chi connectivity index (χ0n) is 8.82. The van der Waals surface area contributed by atoms with E-state index in [4.69, 9.17) is 0 Å². The molecule has 0 unspecified atom stereocenters. The molecular formula is C11H14BrNO2S. The summed E-state index contributed by atoms with van der Waals surface area (Å²) in [4.78, 5) is 0. The van der Waals surface area contributed by atoms with Crippen molar-refractivity contribution in [2.75, 3.05) is 10.1 Å². The fraction of sp³-hybridized carbons (Fsp3) is 0.455. The molecule has 88 valence electrons. The van der Waals surface area contributed by atoms with Gasteiger partial charge < -0.3 is 0 Å². The first-order valence-corrected chi connectivity index (χ1v) is 7.95. The average molecular weight is 304 g/mol. The van der Waals surface area contributed by atoms with E-state index in [1.54, 1.807) is 0 Å². The number of benzene rings is 1.